The summed E-state index contributed by atoms with van der Waals surface area (Å²) in [7, 11) is 0. The van der Waals surface area contributed by atoms with E-state index in [-0.39, 0.29) is 11.8 Å². The molecule has 24 heavy (non-hydrogen) atoms. The second-order valence-electron chi connectivity index (χ2n) is 6.22. The van der Waals surface area contributed by atoms with Crippen LogP contribution in [0.25, 0.3) is 0 Å². The Hall–Kier alpha value is -2.56. The highest BCUT2D eigenvalue weighted by atomic mass is 16.3. The zero-order valence-corrected chi connectivity index (χ0v) is 13.8. The third-order valence-corrected chi connectivity index (χ3v) is 4.32. The van der Waals surface area contributed by atoms with Gasteiger partial charge >= 0.3 is 0 Å². The van der Waals surface area contributed by atoms with Crippen molar-refractivity contribution in [1.29, 1.82) is 0 Å². The van der Waals surface area contributed by atoms with Crippen LogP contribution in [0.1, 0.15) is 35.8 Å². The van der Waals surface area contributed by atoms with Crippen LogP contribution in [-0.2, 0) is 35.4 Å². The molecule has 126 valence electrons. The molecule has 1 aliphatic rings. The van der Waals surface area contributed by atoms with Crippen molar-refractivity contribution in [2.45, 2.75) is 45.2 Å². The van der Waals surface area contributed by atoms with Crippen LogP contribution in [0.15, 0.2) is 41.0 Å². The molecule has 0 saturated heterocycles. The van der Waals surface area contributed by atoms with Crippen LogP contribution in [0.4, 0.5) is 0 Å². The number of benzene rings is 1. The molecule has 5 heteroatoms. The molecule has 2 aromatic rings. The van der Waals surface area contributed by atoms with Crippen molar-refractivity contribution < 1.29 is 14.0 Å². The van der Waals surface area contributed by atoms with E-state index in [2.05, 4.69) is 22.8 Å². The van der Waals surface area contributed by atoms with Crippen molar-refractivity contribution in [2.75, 3.05) is 0 Å². The topological polar surface area (TPSA) is 71.3 Å². The molecule has 1 aromatic heterocycles. The van der Waals surface area contributed by atoms with Crippen LogP contribution in [0.3, 0.4) is 0 Å². The van der Waals surface area contributed by atoms with Gasteiger partial charge in [0.15, 0.2) is 0 Å². The van der Waals surface area contributed by atoms with Gasteiger partial charge in [0.25, 0.3) is 0 Å². The molecule has 0 radical (unpaired) electrons. The third kappa shape index (κ3) is 4.04. The van der Waals surface area contributed by atoms with Crippen molar-refractivity contribution in [3.8, 4) is 0 Å². The molecule has 2 amide bonds. The predicted octanol–water partition coefficient (Wildman–Crippen LogP) is 2.13. The summed E-state index contributed by atoms with van der Waals surface area (Å²) in [6.07, 6.45) is 5.27. The maximum Gasteiger partial charge on any atom is 0.242 e. The zero-order chi connectivity index (χ0) is 16.9. The van der Waals surface area contributed by atoms with Crippen molar-refractivity contribution >= 4 is 11.8 Å². The number of carbonyl (C=O) groups is 2. The Kier molecular flexibility index (Phi) is 4.99. The molecule has 3 rings (SSSR count). The summed E-state index contributed by atoms with van der Waals surface area (Å²) in [6.45, 7) is 1.99. The molecule has 1 aromatic carbocycles. The molecule has 1 atom stereocenters. The van der Waals surface area contributed by atoms with Crippen LogP contribution in [0, 0.1) is 0 Å². The van der Waals surface area contributed by atoms with Crippen LogP contribution in [0.2, 0.25) is 0 Å². The van der Waals surface area contributed by atoms with Gasteiger partial charge in [-0.2, -0.15) is 0 Å². The molecule has 1 heterocycles. The standard InChI is InChI=1S/C19H22N2O3/c1-13(19(23)20-12-17-6-3-9-24-17)21-18(22)11-14-7-8-15-4-2-5-16(15)10-14/h3,6-10,13H,2,4-5,11-12H2,1H3,(H,20,23)(H,21,22)/t13-/m0/s1. The minimum Gasteiger partial charge on any atom is -0.467 e. The van der Waals surface area contributed by atoms with Crippen LogP contribution in [-0.4, -0.2) is 17.9 Å². The van der Waals surface area contributed by atoms with Gasteiger partial charge in [0.2, 0.25) is 11.8 Å². The molecule has 0 aliphatic heterocycles. The Morgan fingerprint density at radius 3 is 2.83 bits per heavy atom. The van der Waals surface area contributed by atoms with Gasteiger partial charge < -0.3 is 15.1 Å². The second-order valence-corrected chi connectivity index (χ2v) is 6.22. The Bertz CT molecular complexity index is 722. The van der Waals surface area contributed by atoms with Crippen molar-refractivity contribution in [3.63, 3.8) is 0 Å². The van der Waals surface area contributed by atoms with Crippen molar-refractivity contribution in [2.24, 2.45) is 0 Å². The lowest BCUT2D eigenvalue weighted by atomic mass is 10.0. The van der Waals surface area contributed by atoms with E-state index in [4.69, 9.17) is 4.42 Å². The lowest BCUT2D eigenvalue weighted by Crippen LogP contribution is -2.45. The number of carbonyl (C=O) groups excluding carboxylic acids is 2. The predicted molar refractivity (Wildman–Crippen MR) is 90.3 cm³/mol. The number of aryl methyl sites for hydroxylation is 2. The van der Waals surface area contributed by atoms with E-state index in [1.165, 1.54) is 17.5 Å². The highest BCUT2D eigenvalue weighted by Crippen LogP contribution is 2.22. The van der Waals surface area contributed by atoms with Gasteiger partial charge in [0, 0.05) is 0 Å². The fraction of sp³-hybridized carbons (Fsp3) is 0.368. The first-order valence-electron chi connectivity index (χ1n) is 8.32. The number of nitrogens with one attached hydrogen (secondary N) is 2. The fourth-order valence-electron chi connectivity index (χ4n) is 3.02. The monoisotopic (exact) mass is 326 g/mol. The maximum absolute atomic E-state index is 12.2. The van der Waals surface area contributed by atoms with Crippen LogP contribution >= 0.6 is 0 Å². The maximum atomic E-state index is 12.2. The molecule has 0 fully saturated rings. The average molecular weight is 326 g/mol. The van der Waals surface area contributed by atoms with Gasteiger partial charge in [-0.25, -0.2) is 0 Å². The molecule has 1 aliphatic carbocycles. The molecule has 0 bridgehead atoms. The lowest BCUT2D eigenvalue weighted by Gasteiger charge is -2.14. The zero-order valence-electron chi connectivity index (χ0n) is 13.8. The minimum atomic E-state index is -0.582. The van der Waals surface area contributed by atoms with Gasteiger partial charge in [-0.3, -0.25) is 9.59 Å². The number of hydrogen-bond donors (Lipinski definition) is 2. The number of hydrogen-bond acceptors (Lipinski definition) is 3. The number of rotatable bonds is 6. The highest BCUT2D eigenvalue weighted by Gasteiger charge is 2.17. The van der Waals surface area contributed by atoms with Crippen LogP contribution in [0.5, 0.6) is 0 Å². The summed E-state index contributed by atoms with van der Waals surface area (Å²) in [5.74, 6) is 0.308. The molecule has 2 N–H and O–H groups in total. The average Bonchev–Trinajstić information content (AvgIpc) is 3.23. The molecule has 0 spiro atoms. The molecule has 0 unspecified atom stereocenters. The van der Waals surface area contributed by atoms with E-state index in [1.807, 2.05) is 6.07 Å². The number of fused-ring (bicyclic) bond motifs is 1. The summed E-state index contributed by atoms with van der Waals surface area (Å²) >= 11 is 0. The van der Waals surface area contributed by atoms with Crippen molar-refractivity contribution in [3.05, 3.63) is 59.0 Å². The van der Waals surface area contributed by atoms with Gasteiger partial charge in [0.1, 0.15) is 11.8 Å². The summed E-state index contributed by atoms with van der Waals surface area (Å²) < 4.78 is 5.16. The number of furan rings is 1. The second kappa shape index (κ2) is 7.34. The van der Waals surface area contributed by atoms with E-state index in [9.17, 15) is 9.59 Å². The largest absolute Gasteiger partial charge is 0.467 e. The van der Waals surface area contributed by atoms with Gasteiger partial charge in [-0.1, -0.05) is 18.2 Å². The molecular formula is C19H22N2O3. The fourth-order valence-corrected chi connectivity index (χ4v) is 3.02. The van der Waals surface area contributed by atoms with E-state index >= 15 is 0 Å². The first kappa shape index (κ1) is 16.3. The van der Waals surface area contributed by atoms with Gasteiger partial charge in [-0.05, 0) is 55.0 Å². The van der Waals surface area contributed by atoms with Crippen LogP contribution < -0.4 is 10.6 Å². The first-order chi connectivity index (χ1) is 11.6. The Balaban J connectivity index is 1.47. The minimum absolute atomic E-state index is 0.145. The molecular weight excluding hydrogens is 304 g/mol. The van der Waals surface area contributed by atoms with E-state index in [0.717, 1.165) is 18.4 Å². The van der Waals surface area contributed by atoms with E-state index in [1.54, 1.807) is 25.3 Å². The lowest BCUT2D eigenvalue weighted by molar-refractivity contribution is -0.128. The SMILES string of the molecule is C[C@H](NC(=O)Cc1ccc2c(c1)CCC2)C(=O)NCc1ccco1. The summed E-state index contributed by atoms with van der Waals surface area (Å²) in [6, 6.07) is 9.21. The summed E-state index contributed by atoms with van der Waals surface area (Å²) in [4.78, 5) is 24.2. The van der Waals surface area contributed by atoms with Crippen molar-refractivity contribution in [1.82, 2.24) is 10.6 Å². The molecule has 0 saturated carbocycles. The molecule has 5 nitrogen and oxygen atoms in total. The normalized spacial score (nSPS) is 14.0. The van der Waals surface area contributed by atoms with Gasteiger partial charge in [0.05, 0.1) is 19.2 Å². The summed E-state index contributed by atoms with van der Waals surface area (Å²) in [5, 5.41) is 5.48. The highest BCUT2D eigenvalue weighted by molar-refractivity contribution is 5.88. The summed E-state index contributed by atoms with van der Waals surface area (Å²) in [5.41, 5.74) is 3.74. The first-order valence-corrected chi connectivity index (χ1v) is 8.32. The van der Waals surface area contributed by atoms with E-state index in [0.29, 0.717) is 18.7 Å². The smallest absolute Gasteiger partial charge is 0.242 e. The van der Waals surface area contributed by atoms with Gasteiger partial charge in [-0.15, -0.1) is 0 Å². The Morgan fingerprint density at radius 2 is 2.04 bits per heavy atom. The quantitative estimate of drug-likeness (QED) is 0.854. The number of amides is 2. The Labute approximate surface area is 141 Å². The Morgan fingerprint density at radius 1 is 1.21 bits per heavy atom. The van der Waals surface area contributed by atoms with E-state index < -0.39 is 6.04 Å². The third-order valence-electron chi connectivity index (χ3n) is 4.32.